The number of hydrogen-bond acceptors (Lipinski definition) is 2. The number of piperazine rings is 1. The van der Waals surface area contributed by atoms with E-state index in [0.717, 1.165) is 28.0 Å². The van der Waals surface area contributed by atoms with Crippen molar-refractivity contribution in [1.82, 2.24) is 15.1 Å². The van der Waals surface area contributed by atoms with Crippen molar-refractivity contribution in [3.63, 3.8) is 0 Å². The van der Waals surface area contributed by atoms with Crippen LogP contribution in [0.3, 0.4) is 0 Å². The SMILES string of the molecule is C[C@H](c1cc(C(F)(F)F)cc(C(F)(F)I)c1)N(C)C(=O)N1CCNC[C@@H]1c1ccc(F)cc1C(F)(F)F. The summed E-state index contributed by atoms with van der Waals surface area (Å²) in [7, 11) is 1.21. The van der Waals surface area contributed by atoms with Gasteiger partial charge >= 0.3 is 22.3 Å². The Balaban J connectivity index is 1.99. The van der Waals surface area contributed by atoms with Crippen LogP contribution in [0.15, 0.2) is 36.4 Å². The van der Waals surface area contributed by atoms with E-state index in [4.69, 9.17) is 0 Å². The average molecular weight is 653 g/mol. The normalized spacial score (nSPS) is 18.1. The van der Waals surface area contributed by atoms with Gasteiger partial charge in [-0.15, -0.1) is 0 Å². The average Bonchev–Trinajstić information content (AvgIpc) is 2.80. The highest BCUT2D eigenvalue weighted by Crippen LogP contribution is 2.41. The number of carbonyl (C=O) groups is 1. The first-order valence-electron chi connectivity index (χ1n) is 10.8. The summed E-state index contributed by atoms with van der Waals surface area (Å²) < 4.78 is 119. The fourth-order valence-corrected chi connectivity index (χ4v) is 4.40. The van der Waals surface area contributed by atoms with Crippen LogP contribution in [0.2, 0.25) is 0 Å². The van der Waals surface area contributed by atoms with Crippen molar-refractivity contribution >= 4 is 28.6 Å². The van der Waals surface area contributed by atoms with E-state index in [1.54, 1.807) is 0 Å². The molecule has 0 aromatic heterocycles. The van der Waals surface area contributed by atoms with Crippen LogP contribution in [-0.4, -0.2) is 42.5 Å². The molecule has 3 rings (SSSR count). The first-order chi connectivity index (χ1) is 16.9. The largest absolute Gasteiger partial charge is 0.416 e. The van der Waals surface area contributed by atoms with Crippen molar-refractivity contribution in [2.75, 3.05) is 26.7 Å². The maximum Gasteiger partial charge on any atom is 0.416 e. The third kappa shape index (κ3) is 6.62. The Hall–Kier alpha value is -2.23. The van der Waals surface area contributed by atoms with Crippen molar-refractivity contribution in [3.05, 3.63) is 70.0 Å². The molecule has 14 heteroatoms. The van der Waals surface area contributed by atoms with Crippen LogP contribution in [-0.2, 0) is 16.3 Å². The molecule has 1 saturated heterocycles. The summed E-state index contributed by atoms with van der Waals surface area (Å²) in [6.45, 7) is 1.37. The molecule has 2 aromatic rings. The van der Waals surface area contributed by atoms with Gasteiger partial charge in [-0.1, -0.05) is 6.07 Å². The van der Waals surface area contributed by atoms with E-state index in [0.29, 0.717) is 40.8 Å². The first-order valence-corrected chi connectivity index (χ1v) is 11.9. The van der Waals surface area contributed by atoms with Crippen LogP contribution in [0.1, 0.15) is 46.8 Å². The van der Waals surface area contributed by atoms with Crippen LogP contribution < -0.4 is 5.32 Å². The van der Waals surface area contributed by atoms with E-state index in [2.05, 4.69) is 5.32 Å². The first kappa shape index (κ1) is 29.3. The van der Waals surface area contributed by atoms with Crippen LogP contribution >= 0.6 is 22.6 Å². The van der Waals surface area contributed by atoms with Gasteiger partial charge in [-0.3, -0.25) is 0 Å². The lowest BCUT2D eigenvalue weighted by molar-refractivity contribution is -0.139. The highest BCUT2D eigenvalue weighted by Gasteiger charge is 2.40. The van der Waals surface area contributed by atoms with Crippen LogP contribution in [0.25, 0.3) is 0 Å². The Kier molecular flexibility index (Phi) is 8.32. The molecule has 1 heterocycles. The minimum Gasteiger partial charge on any atom is -0.321 e. The number of halogens is 10. The predicted octanol–water partition coefficient (Wildman–Crippen LogP) is 7.11. The fourth-order valence-electron chi connectivity index (χ4n) is 4.09. The number of amides is 2. The van der Waals surface area contributed by atoms with Gasteiger partial charge in [-0.2, -0.15) is 35.1 Å². The lowest BCUT2D eigenvalue weighted by Crippen LogP contribution is -2.53. The Labute approximate surface area is 219 Å². The van der Waals surface area contributed by atoms with E-state index < -0.39 is 56.9 Å². The molecule has 204 valence electrons. The molecule has 1 aliphatic rings. The monoisotopic (exact) mass is 653 g/mol. The van der Waals surface area contributed by atoms with E-state index in [1.165, 1.54) is 14.0 Å². The molecule has 2 atom stereocenters. The summed E-state index contributed by atoms with van der Waals surface area (Å²) in [5.74, 6) is -1.11. The Morgan fingerprint density at radius 2 is 1.65 bits per heavy atom. The van der Waals surface area contributed by atoms with Gasteiger partial charge in [-0.05, 0) is 48.4 Å². The smallest absolute Gasteiger partial charge is 0.321 e. The molecule has 37 heavy (non-hydrogen) atoms. The molecule has 1 fully saturated rings. The van der Waals surface area contributed by atoms with E-state index in [-0.39, 0.29) is 30.8 Å². The molecule has 1 aliphatic heterocycles. The minimum atomic E-state index is -4.94. The number of urea groups is 1. The van der Waals surface area contributed by atoms with Gasteiger partial charge in [0, 0.05) is 54.8 Å². The second-order valence-corrected chi connectivity index (χ2v) is 9.91. The Morgan fingerprint density at radius 1 is 1.03 bits per heavy atom. The standard InChI is InChI=1S/C23H21F9IN3O/c1-12(13-7-14(21(25,26)27)9-15(8-13)23(31,32)33)35(2)20(37)36-6-5-34-11-19(36)17-4-3-16(24)10-18(17)22(28,29)30/h3-4,7-10,12,19,34H,5-6,11H2,1-2H3/t12-,19-/m1/s1. The number of hydrogen-bond donors (Lipinski definition) is 1. The predicted molar refractivity (Wildman–Crippen MR) is 125 cm³/mol. The molecule has 0 unspecified atom stereocenters. The van der Waals surface area contributed by atoms with Crippen molar-refractivity contribution in [3.8, 4) is 0 Å². The summed E-state index contributed by atoms with van der Waals surface area (Å²) in [5.41, 5.74) is -4.10. The van der Waals surface area contributed by atoms with Gasteiger partial charge in [0.2, 0.25) is 0 Å². The molecule has 2 aromatic carbocycles. The van der Waals surface area contributed by atoms with Gasteiger partial charge in [0.05, 0.1) is 23.2 Å². The number of nitrogens with one attached hydrogen (secondary N) is 1. The number of alkyl halides is 9. The van der Waals surface area contributed by atoms with E-state index in [1.807, 2.05) is 0 Å². The molecule has 0 radical (unpaired) electrons. The minimum absolute atomic E-state index is 0.0606. The fraction of sp³-hybridized carbons (Fsp3) is 0.435. The van der Waals surface area contributed by atoms with Gasteiger partial charge in [-0.25, -0.2) is 9.18 Å². The number of carbonyl (C=O) groups excluding carboxylic acids is 1. The van der Waals surface area contributed by atoms with Crippen LogP contribution in [0.4, 0.5) is 44.3 Å². The third-order valence-electron chi connectivity index (χ3n) is 6.14. The lowest BCUT2D eigenvalue weighted by atomic mass is 9.96. The molecule has 2 amide bonds. The summed E-state index contributed by atoms with van der Waals surface area (Å²) in [5, 5.41) is 2.88. The lowest BCUT2D eigenvalue weighted by Gasteiger charge is -2.41. The number of benzene rings is 2. The molecule has 4 nitrogen and oxygen atoms in total. The molecule has 1 N–H and O–H groups in total. The summed E-state index contributed by atoms with van der Waals surface area (Å²) in [6.07, 6.45) is -9.85. The van der Waals surface area contributed by atoms with Gasteiger partial charge in [0.15, 0.2) is 0 Å². The highest BCUT2D eigenvalue weighted by molar-refractivity contribution is 14.1. The zero-order valence-electron chi connectivity index (χ0n) is 19.3. The number of rotatable bonds is 4. The molecular weight excluding hydrogens is 632 g/mol. The van der Waals surface area contributed by atoms with E-state index in [9.17, 15) is 44.3 Å². The maximum absolute atomic E-state index is 13.9. The van der Waals surface area contributed by atoms with Crippen molar-refractivity contribution in [1.29, 1.82) is 0 Å². The van der Waals surface area contributed by atoms with E-state index >= 15 is 0 Å². The quantitative estimate of drug-likeness (QED) is 0.217. The maximum atomic E-state index is 13.9. The summed E-state index contributed by atoms with van der Waals surface area (Å²) in [4.78, 5) is 15.5. The topological polar surface area (TPSA) is 35.6 Å². The molecule has 0 bridgehead atoms. The van der Waals surface area contributed by atoms with Gasteiger partial charge in [0.1, 0.15) is 5.82 Å². The van der Waals surface area contributed by atoms with Crippen molar-refractivity contribution < 1.29 is 44.3 Å². The van der Waals surface area contributed by atoms with Gasteiger partial charge in [0.25, 0.3) is 0 Å². The summed E-state index contributed by atoms with van der Waals surface area (Å²) in [6, 6.07) is 0.754. The van der Waals surface area contributed by atoms with Crippen LogP contribution in [0.5, 0.6) is 0 Å². The molecule has 0 aliphatic carbocycles. The number of nitrogens with zero attached hydrogens (tertiary/aromatic N) is 2. The molecular formula is C23H21F9IN3O. The van der Waals surface area contributed by atoms with Crippen LogP contribution in [0, 0.1) is 5.82 Å². The Morgan fingerprint density at radius 3 is 2.22 bits per heavy atom. The zero-order valence-corrected chi connectivity index (χ0v) is 21.5. The van der Waals surface area contributed by atoms with Crippen molar-refractivity contribution in [2.45, 2.75) is 35.3 Å². The van der Waals surface area contributed by atoms with Crippen molar-refractivity contribution in [2.24, 2.45) is 0 Å². The molecule has 0 saturated carbocycles. The third-order valence-corrected chi connectivity index (χ3v) is 6.77. The second-order valence-electron chi connectivity index (χ2n) is 8.55. The van der Waals surface area contributed by atoms with Gasteiger partial charge < -0.3 is 15.1 Å². The second kappa shape index (κ2) is 10.5. The highest BCUT2D eigenvalue weighted by atomic mass is 127. The zero-order chi connectivity index (χ0) is 27.9. The molecule has 0 spiro atoms. The Bertz CT molecular complexity index is 1120. The summed E-state index contributed by atoms with van der Waals surface area (Å²) >= 11 is 0.699.